The van der Waals surface area contributed by atoms with Gasteiger partial charge in [-0.2, -0.15) is 0 Å². The number of amides is 2. The molecular weight excluding hydrogens is 359 g/mol. The van der Waals surface area contributed by atoms with Crippen LogP contribution in [0.4, 0.5) is 10.5 Å². The van der Waals surface area contributed by atoms with Crippen molar-refractivity contribution in [3.05, 3.63) is 57.6 Å². The Morgan fingerprint density at radius 2 is 1.84 bits per heavy atom. The average molecular weight is 381 g/mol. The maximum Gasteiger partial charge on any atom is 0.321 e. The summed E-state index contributed by atoms with van der Waals surface area (Å²) in [6.07, 6.45) is 0. The Kier molecular flexibility index (Phi) is 6.20. The summed E-state index contributed by atoms with van der Waals surface area (Å²) in [6.45, 7) is 8.44. The number of halogens is 2. The van der Waals surface area contributed by atoms with E-state index in [2.05, 4.69) is 37.5 Å². The van der Waals surface area contributed by atoms with Crippen LogP contribution >= 0.6 is 23.2 Å². The molecule has 0 radical (unpaired) electrons. The summed E-state index contributed by atoms with van der Waals surface area (Å²) >= 11 is 11.9. The standard InChI is InChI=1S/C19H22Cl2N2O2/c1-12-5-8-17(14(9-12)19(2,3)4)25-11-22-18(24)23-16-10-13(20)6-7-15(16)21/h5-10H,11H2,1-4H3,(H2,22,23,24). The van der Waals surface area contributed by atoms with E-state index in [9.17, 15) is 4.79 Å². The van der Waals surface area contributed by atoms with Crippen LogP contribution in [0.25, 0.3) is 0 Å². The zero-order chi connectivity index (χ0) is 18.6. The first-order valence-corrected chi connectivity index (χ1v) is 8.66. The van der Waals surface area contributed by atoms with Gasteiger partial charge in [0.1, 0.15) is 5.75 Å². The van der Waals surface area contributed by atoms with Crippen LogP contribution in [0.5, 0.6) is 5.75 Å². The zero-order valence-corrected chi connectivity index (χ0v) is 16.3. The van der Waals surface area contributed by atoms with Crippen LogP contribution in [0.2, 0.25) is 10.0 Å². The summed E-state index contributed by atoms with van der Waals surface area (Å²) in [4.78, 5) is 12.0. The third kappa shape index (κ3) is 5.55. The van der Waals surface area contributed by atoms with Crippen molar-refractivity contribution in [1.29, 1.82) is 0 Å². The molecule has 0 spiro atoms. The smallest absolute Gasteiger partial charge is 0.321 e. The number of urea groups is 1. The van der Waals surface area contributed by atoms with E-state index in [0.29, 0.717) is 15.7 Å². The third-order valence-electron chi connectivity index (χ3n) is 3.58. The molecule has 25 heavy (non-hydrogen) atoms. The van der Waals surface area contributed by atoms with Crippen molar-refractivity contribution >= 4 is 34.9 Å². The van der Waals surface area contributed by atoms with Gasteiger partial charge in [-0.3, -0.25) is 0 Å². The summed E-state index contributed by atoms with van der Waals surface area (Å²) in [5.74, 6) is 0.749. The van der Waals surface area contributed by atoms with Crippen LogP contribution in [0, 0.1) is 6.92 Å². The quantitative estimate of drug-likeness (QED) is 0.662. The molecule has 2 aromatic rings. The van der Waals surface area contributed by atoms with E-state index >= 15 is 0 Å². The van der Waals surface area contributed by atoms with Crippen LogP contribution in [-0.2, 0) is 5.41 Å². The van der Waals surface area contributed by atoms with Gasteiger partial charge < -0.3 is 15.4 Å². The molecule has 0 unspecified atom stereocenters. The minimum Gasteiger partial charge on any atom is -0.473 e. The lowest BCUT2D eigenvalue weighted by Crippen LogP contribution is -2.32. The number of benzene rings is 2. The largest absolute Gasteiger partial charge is 0.473 e. The van der Waals surface area contributed by atoms with Gasteiger partial charge in [0.2, 0.25) is 0 Å². The number of rotatable bonds is 4. The number of hydrogen-bond acceptors (Lipinski definition) is 2. The van der Waals surface area contributed by atoms with Gasteiger partial charge in [0.15, 0.2) is 6.73 Å². The first-order valence-electron chi connectivity index (χ1n) is 7.90. The van der Waals surface area contributed by atoms with Gasteiger partial charge in [-0.05, 0) is 42.2 Å². The molecule has 134 valence electrons. The Hall–Kier alpha value is -1.91. The van der Waals surface area contributed by atoms with Gasteiger partial charge in [-0.15, -0.1) is 0 Å². The van der Waals surface area contributed by atoms with E-state index in [0.717, 1.165) is 11.3 Å². The summed E-state index contributed by atoms with van der Waals surface area (Å²) < 4.78 is 5.75. The van der Waals surface area contributed by atoms with Crippen LogP contribution < -0.4 is 15.4 Å². The second-order valence-corrected chi connectivity index (χ2v) is 7.64. The van der Waals surface area contributed by atoms with Crippen LogP contribution in [0.15, 0.2) is 36.4 Å². The Morgan fingerprint density at radius 1 is 1.12 bits per heavy atom. The highest BCUT2D eigenvalue weighted by Gasteiger charge is 2.19. The molecule has 2 rings (SSSR count). The molecule has 6 heteroatoms. The Bertz CT molecular complexity index is 771. The van der Waals surface area contributed by atoms with Crippen LogP contribution in [-0.4, -0.2) is 12.8 Å². The molecule has 2 amide bonds. The monoisotopic (exact) mass is 380 g/mol. The normalized spacial score (nSPS) is 11.1. The van der Waals surface area contributed by atoms with Crippen molar-refractivity contribution in [3.8, 4) is 5.75 Å². The lowest BCUT2D eigenvalue weighted by Gasteiger charge is -2.23. The molecule has 0 saturated heterocycles. The van der Waals surface area contributed by atoms with E-state index < -0.39 is 6.03 Å². The van der Waals surface area contributed by atoms with Crippen molar-refractivity contribution in [2.75, 3.05) is 12.0 Å². The number of aryl methyl sites for hydroxylation is 1. The maximum absolute atomic E-state index is 12.0. The predicted octanol–water partition coefficient (Wildman–Crippen LogP) is 5.76. The molecule has 0 aliphatic heterocycles. The fourth-order valence-electron chi connectivity index (χ4n) is 2.29. The van der Waals surface area contributed by atoms with Gasteiger partial charge in [0.25, 0.3) is 0 Å². The highest BCUT2D eigenvalue weighted by molar-refractivity contribution is 6.35. The second kappa shape index (κ2) is 7.98. The van der Waals surface area contributed by atoms with Gasteiger partial charge in [0, 0.05) is 5.02 Å². The SMILES string of the molecule is Cc1ccc(OCNC(=O)Nc2cc(Cl)ccc2Cl)c(C(C)(C)C)c1. The summed E-state index contributed by atoms with van der Waals surface area (Å²) in [5.41, 5.74) is 2.64. The highest BCUT2D eigenvalue weighted by Crippen LogP contribution is 2.32. The minimum atomic E-state index is -0.423. The molecule has 0 heterocycles. The maximum atomic E-state index is 12.0. The van der Waals surface area contributed by atoms with Gasteiger partial charge >= 0.3 is 6.03 Å². The number of hydrogen-bond donors (Lipinski definition) is 2. The third-order valence-corrected chi connectivity index (χ3v) is 4.14. The highest BCUT2D eigenvalue weighted by atomic mass is 35.5. The van der Waals surface area contributed by atoms with Crippen LogP contribution in [0.3, 0.4) is 0 Å². The Labute approximate surface area is 158 Å². The first kappa shape index (κ1) is 19.4. The molecule has 0 atom stereocenters. The van der Waals surface area contributed by atoms with E-state index in [4.69, 9.17) is 27.9 Å². The number of anilines is 1. The summed E-state index contributed by atoms with van der Waals surface area (Å²) in [5, 5.41) is 6.19. The predicted molar refractivity (Wildman–Crippen MR) is 104 cm³/mol. The van der Waals surface area contributed by atoms with Gasteiger partial charge in [0.05, 0.1) is 10.7 Å². The molecule has 0 fully saturated rings. The fraction of sp³-hybridized carbons (Fsp3) is 0.316. The number of carbonyl (C=O) groups is 1. The zero-order valence-electron chi connectivity index (χ0n) is 14.7. The number of carbonyl (C=O) groups excluding carboxylic acids is 1. The van der Waals surface area contributed by atoms with Crippen molar-refractivity contribution < 1.29 is 9.53 Å². The van der Waals surface area contributed by atoms with E-state index in [1.165, 1.54) is 5.56 Å². The van der Waals surface area contributed by atoms with Gasteiger partial charge in [-0.1, -0.05) is 61.7 Å². The van der Waals surface area contributed by atoms with E-state index in [1.54, 1.807) is 18.2 Å². The topological polar surface area (TPSA) is 50.4 Å². The lowest BCUT2D eigenvalue weighted by molar-refractivity contribution is 0.233. The molecule has 0 bridgehead atoms. The van der Waals surface area contributed by atoms with Crippen molar-refractivity contribution in [2.45, 2.75) is 33.1 Å². The molecule has 4 nitrogen and oxygen atoms in total. The summed E-state index contributed by atoms with van der Waals surface area (Å²) in [7, 11) is 0. The van der Waals surface area contributed by atoms with Crippen LogP contribution in [0.1, 0.15) is 31.9 Å². The first-order chi connectivity index (χ1) is 11.7. The average Bonchev–Trinajstić information content (AvgIpc) is 2.51. The van der Waals surface area contributed by atoms with Crippen molar-refractivity contribution in [1.82, 2.24) is 5.32 Å². The van der Waals surface area contributed by atoms with Crippen molar-refractivity contribution in [2.24, 2.45) is 0 Å². The van der Waals surface area contributed by atoms with E-state index in [-0.39, 0.29) is 12.1 Å². The lowest BCUT2D eigenvalue weighted by atomic mass is 9.85. The van der Waals surface area contributed by atoms with E-state index in [1.807, 2.05) is 19.1 Å². The fourth-order valence-corrected chi connectivity index (χ4v) is 2.63. The molecule has 2 N–H and O–H groups in total. The molecule has 0 saturated carbocycles. The molecule has 0 aliphatic rings. The Morgan fingerprint density at radius 3 is 2.52 bits per heavy atom. The van der Waals surface area contributed by atoms with Crippen molar-refractivity contribution in [3.63, 3.8) is 0 Å². The minimum absolute atomic E-state index is 0.0379. The van der Waals surface area contributed by atoms with Gasteiger partial charge in [-0.25, -0.2) is 4.79 Å². The molecule has 2 aromatic carbocycles. The summed E-state index contributed by atoms with van der Waals surface area (Å²) in [6, 6.07) is 10.4. The number of nitrogens with one attached hydrogen (secondary N) is 2. The Balaban J connectivity index is 1.97. The second-order valence-electron chi connectivity index (χ2n) is 6.79. The molecular formula is C19H22Cl2N2O2. The molecule has 0 aromatic heterocycles. The molecule has 0 aliphatic carbocycles. The number of ether oxygens (including phenoxy) is 1.